The highest BCUT2D eigenvalue weighted by atomic mass is 32.2. The number of benzene rings is 2. The van der Waals surface area contributed by atoms with E-state index in [0.29, 0.717) is 23.3 Å². The second-order valence-corrected chi connectivity index (χ2v) is 14.4. The number of ether oxygens (including phenoxy) is 3. The average molecular weight is 644 g/mol. The smallest absolute Gasteiger partial charge is 0.407 e. The highest BCUT2D eigenvalue weighted by molar-refractivity contribution is 7.89. The van der Waals surface area contributed by atoms with Crippen LogP contribution >= 0.6 is 0 Å². The summed E-state index contributed by atoms with van der Waals surface area (Å²) in [5.74, 6) is 0.524. The molecule has 0 aliphatic carbocycles. The molecule has 0 bridgehead atoms. The third-order valence-electron chi connectivity index (χ3n) is 8.44. The molecule has 4 N–H and O–H groups in total. The number of alkyl carbamates (subject to hydrolysis) is 1. The number of fused-ring (bicyclic) bond motifs is 2. The van der Waals surface area contributed by atoms with Gasteiger partial charge in [-0.1, -0.05) is 51.1 Å². The molecule has 12 nitrogen and oxygen atoms in total. The number of H-pyrrole nitrogens is 1. The van der Waals surface area contributed by atoms with Crippen molar-refractivity contribution in [1.82, 2.24) is 19.8 Å². The summed E-state index contributed by atoms with van der Waals surface area (Å²) in [7, 11) is -4.05. The summed E-state index contributed by atoms with van der Waals surface area (Å²) in [6.07, 6.45) is -0.874. The standard InChI is InChI=1S/C32H45N5O7S/c1-5-21(4)33-30-25-16-23(11-12-26(25)35-36-30)45(40,41)37(17-20(2)3)18-28(38)27(15-22-9-7-6-8-10-22)34-32(39)44-29-19-43-31-24(29)13-14-42-31/h6-12,16,20-21,24,27-29,31,38H,5,13-15,17-19H2,1-4H3,(H,34,39)(H2,33,35,36)/t21?,24-,27-,28+,29-,31+/m0/s1. The molecule has 0 spiro atoms. The number of aromatic nitrogens is 2. The van der Waals surface area contributed by atoms with E-state index in [4.69, 9.17) is 14.2 Å². The molecular formula is C32H45N5O7S. The fourth-order valence-corrected chi connectivity index (χ4v) is 7.43. The van der Waals surface area contributed by atoms with Gasteiger partial charge in [-0.3, -0.25) is 5.10 Å². The molecule has 2 fully saturated rings. The number of aromatic amines is 1. The van der Waals surface area contributed by atoms with E-state index >= 15 is 0 Å². The molecule has 1 unspecified atom stereocenters. The van der Waals surface area contributed by atoms with Crippen molar-refractivity contribution in [1.29, 1.82) is 0 Å². The number of aliphatic hydroxyl groups is 1. The lowest BCUT2D eigenvalue weighted by atomic mass is 10.0. The van der Waals surface area contributed by atoms with Crippen LogP contribution in [0.15, 0.2) is 53.4 Å². The van der Waals surface area contributed by atoms with Crippen molar-refractivity contribution >= 4 is 32.8 Å². The van der Waals surface area contributed by atoms with E-state index in [1.54, 1.807) is 18.2 Å². The second kappa shape index (κ2) is 14.5. The molecule has 45 heavy (non-hydrogen) atoms. The van der Waals surface area contributed by atoms with Crippen LogP contribution in [0.25, 0.3) is 10.9 Å². The number of nitrogens with one attached hydrogen (secondary N) is 3. The van der Waals surface area contributed by atoms with E-state index in [9.17, 15) is 18.3 Å². The monoisotopic (exact) mass is 643 g/mol. The summed E-state index contributed by atoms with van der Waals surface area (Å²) in [6, 6.07) is 13.6. The van der Waals surface area contributed by atoms with E-state index in [1.807, 2.05) is 51.1 Å². The lowest BCUT2D eigenvalue weighted by Crippen LogP contribution is -2.51. The van der Waals surface area contributed by atoms with Crippen molar-refractivity contribution in [2.75, 3.05) is 31.6 Å². The van der Waals surface area contributed by atoms with Gasteiger partial charge < -0.3 is 30.0 Å². The second-order valence-electron chi connectivity index (χ2n) is 12.4. The molecule has 13 heteroatoms. The number of aliphatic hydroxyl groups excluding tert-OH is 1. The van der Waals surface area contributed by atoms with Crippen LogP contribution in [0.4, 0.5) is 10.6 Å². The Balaban J connectivity index is 1.36. The van der Waals surface area contributed by atoms with Gasteiger partial charge in [0, 0.05) is 24.5 Å². The third-order valence-corrected chi connectivity index (χ3v) is 10.3. The van der Waals surface area contributed by atoms with Crippen molar-refractivity contribution < 1.29 is 32.5 Å². The number of sulfonamides is 1. The third kappa shape index (κ3) is 7.95. The first-order valence-electron chi connectivity index (χ1n) is 15.7. The van der Waals surface area contributed by atoms with Crippen LogP contribution in [0.2, 0.25) is 0 Å². The summed E-state index contributed by atoms with van der Waals surface area (Å²) in [5, 5.41) is 25.7. The highest BCUT2D eigenvalue weighted by Gasteiger charge is 2.44. The fraction of sp³-hybridized carbons (Fsp3) is 0.562. The van der Waals surface area contributed by atoms with Gasteiger partial charge in [-0.15, -0.1) is 0 Å². The Kier molecular flexibility index (Phi) is 10.7. The number of carbonyl (C=O) groups is 1. The summed E-state index contributed by atoms with van der Waals surface area (Å²) in [6.45, 7) is 8.66. The minimum atomic E-state index is -4.05. The summed E-state index contributed by atoms with van der Waals surface area (Å²) in [5.41, 5.74) is 1.59. The first kappa shape index (κ1) is 33.1. The van der Waals surface area contributed by atoms with Gasteiger partial charge in [0.1, 0.15) is 6.10 Å². The Hall–Kier alpha value is -3.23. The van der Waals surface area contributed by atoms with Gasteiger partial charge in [-0.25, -0.2) is 13.2 Å². The summed E-state index contributed by atoms with van der Waals surface area (Å²) >= 11 is 0. The molecule has 3 heterocycles. The zero-order valence-corrected chi connectivity index (χ0v) is 27.1. The zero-order chi connectivity index (χ0) is 32.1. The van der Waals surface area contributed by atoms with E-state index in [-0.39, 0.29) is 55.2 Å². The number of rotatable bonds is 14. The molecule has 1 amide bonds. The maximum Gasteiger partial charge on any atom is 0.407 e. The number of hydrogen-bond donors (Lipinski definition) is 4. The molecule has 2 aliphatic rings. The number of nitrogens with zero attached hydrogens (tertiary/aromatic N) is 2. The van der Waals surface area contributed by atoms with Crippen LogP contribution in [-0.2, 0) is 30.7 Å². The molecule has 2 aromatic carbocycles. The van der Waals surface area contributed by atoms with Gasteiger partial charge in [0.05, 0.1) is 41.7 Å². The highest BCUT2D eigenvalue weighted by Crippen LogP contribution is 2.33. The number of carbonyl (C=O) groups excluding carboxylic acids is 1. The van der Waals surface area contributed by atoms with Crippen LogP contribution in [0.5, 0.6) is 0 Å². The van der Waals surface area contributed by atoms with Gasteiger partial charge >= 0.3 is 6.09 Å². The Morgan fingerprint density at radius 1 is 1.16 bits per heavy atom. The molecular weight excluding hydrogens is 598 g/mol. The van der Waals surface area contributed by atoms with Crippen LogP contribution in [-0.4, -0.2) is 91.0 Å². The van der Waals surface area contributed by atoms with Gasteiger partial charge in [0.2, 0.25) is 10.0 Å². The quantitative estimate of drug-likeness (QED) is 0.205. The SMILES string of the molecule is CCC(C)Nc1n[nH]c2ccc(S(=O)(=O)N(CC(C)C)C[C@@H](O)[C@H](Cc3ccccc3)NC(=O)O[C@H]3CO[C@H]4OCC[C@H]43)cc12. The normalized spacial score (nSPS) is 22.0. The molecule has 2 aliphatic heterocycles. The van der Waals surface area contributed by atoms with Crippen molar-refractivity contribution in [3.63, 3.8) is 0 Å². The largest absolute Gasteiger partial charge is 0.443 e. The van der Waals surface area contributed by atoms with Gasteiger partial charge in [0.15, 0.2) is 12.1 Å². The lowest BCUT2D eigenvalue weighted by molar-refractivity contribution is -0.0907. The van der Waals surface area contributed by atoms with E-state index < -0.39 is 34.4 Å². The predicted molar refractivity (Wildman–Crippen MR) is 170 cm³/mol. The van der Waals surface area contributed by atoms with Gasteiger partial charge in [0.25, 0.3) is 0 Å². The molecule has 1 aromatic heterocycles. The fourth-order valence-electron chi connectivity index (χ4n) is 5.78. The van der Waals surface area contributed by atoms with Crippen molar-refractivity contribution in [2.24, 2.45) is 11.8 Å². The average Bonchev–Trinajstić information content (AvgIpc) is 3.74. The first-order chi connectivity index (χ1) is 21.5. The summed E-state index contributed by atoms with van der Waals surface area (Å²) < 4.78 is 46.4. The molecule has 5 rings (SSSR count). The molecule has 2 saturated heterocycles. The number of anilines is 1. The Labute approximate surface area is 264 Å². The first-order valence-corrected chi connectivity index (χ1v) is 17.2. The van der Waals surface area contributed by atoms with E-state index in [2.05, 4.69) is 27.8 Å². The molecule has 0 radical (unpaired) electrons. The predicted octanol–water partition coefficient (Wildman–Crippen LogP) is 3.88. The van der Waals surface area contributed by atoms with Crippen molar-refractivity contribution in [3.05, 3.63) is 54.1 Å². The van der Waals surface area contributed by atoms with Crippen molar-refractivity contribution in [3.8, 4) is 0 Å². The van der Waals surface area contributed by atoms with Gasteiger partial charge in [-0.2, -0.15) is 9.40 Å². The van der Waals surface area contributed by atoms with Crippen LogP contribution in [0, 0.1) is 11.8 Å². The minimum absolute atomic E-state index is 0.0262. The summed E-state index contributed by atoms with van der Waals surface area (Å²) in [4.78, 5) is 13.2. The Morgan fingerprint density at radius 3 is 2.67 bits per heavy atom. The Bertz CT molecular complexity index is 1530. The topological polar surface area (TPSA) is 155 Å². The Morgan fingerprint density at radius 2 is 1.93 bits per heavy atom. The molecule has 6 atom stereocenters. The maximum absolute atomic E-state index is 14.1. The van der Waals surface area contributed by atoms with Crippen LogP contribution < -0.4 is 10.6 Å². The molecule has 3 aromatic rings. The molecule has 0 saturated carbocycles. The van der Waals surface area contributed by atoms with Crippen LogP contribution in [0.1, 0.15) is 46.1 Å². The number of hydrogen-bond acceptors (Lipinski definition) is 9. The molecule has 246 valence electrons. The van der Waals surface area contributed by atoms with E-state index in [0.717, 1.165) is 18.4 Å². The minimum Gasteiger partial charge on any atom is -0.443 e. The lowest BCUT2D eigenvalue weighted by Gasteiger charge is -2.31. The van der Waals surface area contributed by atoms with Crippen molar-refractivity contribution in [2.45, 2.75) is 82.4 Å². The van der Waals surface area contributed by atoms with E-state index in [1.165, 1.54) is 4.31 Å². The maximum atomic E-state index is 14.1. The van der Waals surface area contributed by atoms with Crippen LogP contribution in [0.3, 0.4) is 0 Å². The van der Waals surface area contributed by atoms with Gasteiger partial charge in [-0.05, 0) is 55.9 Å². The number of amides is 1. The zero-order valence-electron chi connectivity index (χ0n) is 26.3.